The molecule has 3 aromatic rings. The van der Waals surface area contributed by atoms with E-state index in [1.807, 2.05) is 0 Å². The van der Waals surface area contributed by atoms with Crippen LogP contribution in [0.15, 0.2) is 60.7 Å². The zero-order chi connectivity index (χ0) is 14.9. The van der Waals surface area contributed by atoms with Gasteiger partial charge in [0.25, 0.3) is 0 Å². The summed E-state index contributed by atoms with van der Waals surface area (Å²) in [5, 5.41) is 6.12. The minimum absolute atomic E-state index is 0.499. The number of aryl methyl sites for hydroxylation is 1. The van der Waals surface area contributed by atoms with Crippen LogP contribution in [0.25, 0.3) is 21.9 Å². The van der Waals surface area contributed by atoms with E-state index in [1.54, 1.807) is 0 Å². The first-order valence-electron chi connectivity index (χ1n) is 8.15. The van der Waals surface area contributed by atoms with E-state index >= 15 is 0 Å². The maximum atomic E-state index is 3.48. The first-order valence-corrected chi connectivity index (χ1v) is 8.15. The summed E-state index contributed by atoms with van der Waals surface area (Å²) < 4.78 is 0. The largest absolute Gasteiger partial charge is 0.313 e. The standard InChI is InChI=1S/C21H21N/c1-22-21-11-5-8-16-12-13-17(14-20(16)21)19-10-4-7-15-6-2-3-9-18(15)19/h2-4,6-7,9-10,12-14,21-22H,5,8,11H2,1H3. The number of rotatable bonds is 2. The molecule has 1 aliphatic rings. The molecule has 1 heteroatoms. The van der Waals surface area contributed by atoms with E-state index in [-0.39, 0.29) is 0 Å². The van der Waals surface area contributed by atoms with Gasteiger partial charge in [0, 0.05) is 6.04 Å². The zero-order valence-electron chi connectivity index (χ0n) is 13.0. The monoisotopic (exact) mass is 287 g/mol. The predicted octanol–water partition coefficient (Wildman–Crippen LogP) is 5.10. The second-order valence-corrected chi connectivity index (χ2v) is 6.17. The molecule has 0 saturated heterocycles. The van der Waals surface area contributed by atoms with Crippen molar-refractivity contribution >= 4 is 10.8 Å². The van der Waals surface area contributed by atoms with Crippen LogP contribution in [0.1, 0.15) is 30.0 Å². The first kappa shape index (κ1) is 13.5. The Labute approximate surface area is 132 Å². The minimum Gasteiger partial charge on any atom is -0.313 e. The molecule has 1 unspecified atom stereocenters. The normalized spacial score (nSPS) is 17.4. The first-order chi connectivity index (χ1) is 10.9. The van der Waals surface area contributed by atoms with Crippen LogP contribution in [0.4, 0.5) is 0 Å². The van der Waals surface area contributed by atoms with E-state index in [4.69, 9.17) is 0 Å². The highest BCUT2D eigenvalue weighted by Gasteiger charge is 2.19. The fraction of sp³-hybridized carbons (Fsp3) is 0.238. The Bertz CT molecular complexity index is 814. The van der Waals surface area contributed by atoms with Crippen molar-refractivity contribution < 1.29 is 0 Å². The lowest BCUT2D eigenvalue weighted by Crippen LogP contribution is -2.21. The van der Waals surface area contributed by atoms with Gasteiger partial charge < -0.3 is 5.32 Å². The van der Waals surface area contributed by atoms with Crippen molar-refractivity contribution in [3.05, 3.63) is 71.8 Å². The molecule has 1 atom stereocenters. The number of fused-ring (bicyclic) bond motifs is 2. The van der Waals surface area contributed by atoms with E-state index in [0.717, 1.165) is 0 Å². The second kappa shape index (κ2) is 5.58. The highest BCUT2D eigenvalue weighted by atomic mass is 14.9. The predicted molar refractivity (Wildman–Crippen MR) is 94.1 cm³/mol. The van der Waals surface area contributed by atoms with Gasteiger partial charge in [0.1, 0.15) is 0 Å². The maximum absolute atomic E-state index is 3.48. The van der Waals surface area contributed by atoms with Gasteiger partial charge in [0.05, 0.1) is 0 Å². The Morgan fingerprint density at radius 1 is 0.955 bits per heavy atom. The van der Waals surface area contributed by atoms with Gasteiger partial charge in [0.2, 0.25) is 0 Å². The second-order valence-electron chi connectivity index (χ2n) is 6.17. The zero-order valence-corrected chi connectivity index (χ0v) is 13.0. The van der Waals surface area contributed by atoms with Crippen LogP contribution in [0.3, 0.4) is 0 Å². The van der Waals surface area contributed by atoms with Crippen molar-refractivity contribution in [3.8, 4) is 11.1 Å². The Morgan fingerprint density at radius 3 is 2.73 bits per heavy atom. The summed E-state index contributed by atoms with van der Waals surface area (Å²) in [6.07, 6.45) is 3.73. The minimum atomic E-state index is 0.499. The summed E-state index contributed by atoms with van der Waals surface area (Å²) in [5.41, 5.74) is 5.66. The van der Waals surface area contributed by atoms with E-state index in [0.29, 0.717) is 6.04 Å². The van der Waals surface area contributed by atoms with Gasteiger partial charge in [-0.25, -0.2) is 0 Å². The molecule has 0 heterocycles. The molecule has 0 saturated carbocycles. The lowest BCUT2D eigenvalue weighted by molar-refractivity contribution is 0.497. The average Bonchev–Trinajstić information content (AvgIpc) is 2.60. The van der Waals surface area contributed by atoms with Crippen LogP contribution in [-0.4, -0.2) is 7.05 Å². The van der Waals surface area contributed by atoms with Gasteiger partial charge in [-0.05, 0) is 65.4 Å². The number of nitrogens with one attached hydrogen (secondary N) is 1. The molecule has 3 aromatic carbocycles. The van der Waals surface area contributed by atoms with Gasteiger partial charge in [-0.1, -0.05) is 54.6 Å². The van der Waals surface area contributed by atoms with E-state index in [2.05, 4.69) is 73.0 Å². The number of hydrogen-bond acceptors (Lipinski definition) is 1. The average molecular weight is 287 g/mol. The van der Waals surface area contributed by atoms with E-state index < -0.39 is 0 Å². The van der Waals surface area contributed by atoms with Crippen LogP contribution in [0.2, 0.25) is 0 Å². The van der Waals surface area contributed by atoms with Crippen molar-refractivity contribution in [1.29, 1.82) is 0 Å². The number of benzene rings is 3. The molecule has 22 heavy (non-hydrogen) atoms. The third kappa shape index (κ3) is 2.22. The Kier molecular flexibility index (Phi) is 3.44. The Morgan fingerprint density at radius 2 is 1.82 bits per heavy atom. The highest BCUT2D eigenvalue weighted by molar-refractivity contribution is 5.96. The molecule has 0 spiro atoms. The van der Waals surface area contributed by atoms with E-state index in [1.165, 1.54) is 52.3 Å². The van der Waals surface area contributed by atoms with Crippen molar-refractivity contribution in [3.63, 3.8) is 0 Å². The van der Waals surface area contributed by atoms with Crippen molar-refractivity contribution in [2.45, 2.75) is 25.3 Å². The van der Waals surface area contributed by atoms with Gasteiger partial charge in [-0.15, -0.1) is 0 Å². The van der Waals surface area contributed by atoms with E-state index in [9.17, 15) is 0 Å². The topological polar surface area (TPSA) is 12.0 Å². The van der Waals surface area contributed by atoms with Crippen LogP contribution in [0, 0.1) is 0 Å². The summed E-state index contributed by atoms with van der Waals surface area (Å²) in [7, 11) is 2.07. The van der Waals surface area contributed by atoms with Gasteiger partial charge in [-0.3, -0.25) is 0 Å². The summed E-state index contributed by atoms with van der Waals surface area (Å²) >= 11 is 0. The maximum Gasteiger partial charge on any atom is 0.0320 e. The summed E-state index contributed by atoms with van der Waals surface area (Å²) in [6.45, 7) is 0. The van der Waals surface area contributed by atoms with Gasteiger partial charge in [0.15, 0.2) is 0 Å². The Balaban J connectivity index is 1.89. The quantitative estimate of drug-likeness (QED) is 0.691. The van der Waals surface area contributed by atoms with Crippen LogP contribution in [0.5, 0.6) is 0 Å². The van der Waals surface area contributed by atoms with Crippen molar-refractivity contribution in [2.75, 3.05) is 7.05 Å². The third-order valence-corrected chi connectivity index (χ3v) is 4.91. The van der Waals surface area contributed by atoms with Crippen molar-refractivity contribution in [1.82, 2.24) is 5.32 Å². The lowest BCUT2D eigenvalue weighted by atomic mass is 9.85. The molecule has 0 fully saturated rings. The van der Waals surface area contributed by atoms with Gasteiger partial charge >= 0.3 is 0 Å². The van der Waals surface area contributed by atoms with Gasteiger partial charge in [-0.2, -0.15) is 0 Å². The summed E-state index contributed by atoms with van der Waals surface area (Å²) in [5.74, 6) is 0. The molecular formula is C21H21N. The molecule has 0 aromatic heterocycles. The van der Waals surface area contributed by atoms with Crippen LogP contribution < -0.4 is 5.32 Å². The molecule has 0 bridgehead atoms. The fourth-order valence-electron chi connectivity index (χ4n) is 3.74. The molecule has 1 N–H and O–H groups in total. The van der Waals surface area contributed by atoms with Crippen LogP contribution >= 0.6 is 0 Å². The molecule has 1 aliphatic carbocycles. The third-order valence-electron chi connectivity index (χ3n) is 4.91. The molecule has 1 nitrogen and oxygen atoms in total. The lowest BCUT2D eigenvalue weighted by Gasteiger charge is -2.26. The molecule has 4 rings (SSSR count). The van der Waals surface area contributed by atoms with Crippen LogP contribution in [-0.2, 0) is 6.42 Å². The molecule has 110 valence electrons. The SMILES string of the molecule is CNC1CCCc2ccc(-c3cccc4ccccc34)cc21. The summed E-state index contributed by atoms with van der Waals surface area (Å²) in [4.78, 5) is 0. The molecule has 0 aliphatic heterocycles. The van der Waals surface area contributed by atoms with Crippen molar-refractivity contribution in [2.24, 2.45) is 0 Å². The molecular weight excluding hydrogens is 266 g/mol. The molecule has 0 radical (unpaired) electrons. The highest BCUT2D eigenvalue weighted by Crippen LogP contribution is 2.35. The smallest absolute Gasteiger partial charge is 0.0320 e. The molecule has 0 amide bonds. The fourth-order valence-corrected chi connectivity index (χ4v) is 3.74. The number of hydrogen-bond donors (Lipinski definition) is 1. The Hall–Kier alpha value is -2.12. The summed E-state index contributed by atoms with van der Waals surface area (Å²) in [6, 6.07) is 22.7.